The van der Waals surface area contributed by atoms with Gasteiger partial charge in [0.05, 0.1) is 11.9 Å². The second-order valence-corrected chi connectivity index (χ2v) is 8.74. The molecule has 1 aromatic carbocycles. The van der Waals surface area contributed by atoms with E-state index in [2.05, 4.69) is 5.32 Å². The molecule has 1 aromatic rings. The summed E-state index contributed by atoms with van der Waals surface area (Å²) in [5.74, 6) is 0.283. The van der Waals surface area contributed by atoms with Gasteiger partial charge in [-0.05, 0) is 29.9 Å². The van der Waals surface area contributed by atoms with Crippen LogP contribution < -0.4 is 9.62 Å². The Kier molecular flexibility index (Phi) is 7.27. The Bertz CT molecular complexity index is 646. The number of carbonyl (C=O) groups excluding carboxylic acids is 1. The van der Waals surface area contributed by atoms with E-state index in [0.29, 0.717) is 12.1 Å². The number of aryl methyl sites for hydroxylation is 1. The molecule has 0 aliphatic carbocycles. The van der Waals surface area contributed by atoms with Gasteiger partial charge in [-0.3, -0.25) is 9.10 Å². The highest BCUT2D eigenvalue weighted by molar-refractivity contribution is 7.92. The molecule has 0 heterocycles. The van der Waals surface area contributed by atoms with Crippen LogP contribution in [0, 0.1) is 11.8 Å². The minimum absolute atomic E-state index is 0.0142. The number of rotatable bonds is 8. The molecule has 0 aromatic heterocycles. The molecule has 1 rings (SSSR count). The molecule has 24 heavy (non-hydrogen) atoms. The van der Waals surface area contributed by atoms with Gasteiger partial charge in [0.1, 0.15) is 6.54 Å². The van der Waals surface area contributed by atoms with E-state index in [1.165, 1.54) is 4.31 Å². The van der Waals surface area contributed by atoms with Crippen molar-refractivity contribution in [3.05, 3.63) is 29.8 Å². The van der Waals surface area contributed by atoms with Gasteiger partial charge >= 0.3 is 0 Å². The van der Waals surface area contributed by atoms with Crippen molar-refractivity contribution in [2.45, 2.75) is 47.1 Å². The summed E-state index contributed by atoms with van der Waals surface area (Å²) in [5, 5.41) is 2.98. The molecule has 0 aliphatic heterocycles. The van der Waals surface area contributed by atoms with Crippen molar-refractivity contribution < 1.29 is 13.2 Å². The zero-order valence-electron chi connectivity index (χ0n) is 15.5. The number of carbonyl (C=O) groups is 1. The summed E-state index contributed by atoms with van der Waals surface area (Å²) in [7, 11) is -3.55. The summed E-state index contributed by atoms with van der Waals surface area (Å²) in [5.41, 5.74) is 1.48. The molecule has 5 nitrogen and oxygen atoms in total. The van der Waals surface area contributed by atoms with Gasteiger partial charge in [-0.2, -0.15) is 0 Å². The highest BCUT2D eigenvalue weighted by Crippen LogP contribution is 2.23. The van der Waals surface area contributed by atoms with Crippen LogP contribution in [0.5, 0.6) is 0 Å². The first-order chi connectivity index (χ1) is 11.1. The second-order valence-electron chi connectivity index (χ2n) is 6.83. The number of anilines is 1. The quantitative estimate of drug-likeness (QED) is 0.780. The standard InChI is InChI=1S/C18H30N2O3S/c1-7-15-10-8-9-11-16(15)20(24(6,22)23)12-17(21)19-18(13(2)3)14(4)5/h8-11,13-14,18H,7,12H2,1-6H3,(H,19,21). The third-order valence-electron chi connectivity index (χ3n) is 4.09. The molecule has 0 bridgehead atoms. The summed E-state index contributed by atoms with van der Waals surface area (Å²) < 4.78 is 25.7. The summed E-state index contributed by atoms with van der Waals surface area (Å²) in [6, 6.07) is 7.30. The van der Waals surface area contributed by atoms with Crippen LogP contribution in [-0.2, 0) is 21.2 Å². The summed E-state index contributed by atoms with van der Waals surface area (Å²) in [4.78, 5) is 12.5. The number of benzene rings is 1. The van der Waals surface area contributed by atoms with Crippen LogP contribution in [0.1, 0.15) is 40.2 Å². The number of hydrogen-bond donors (Lipinski definition) is 1. The number of sulfonamides is 1. The Hall–Kier alpha value is -1.56. The Labute approximate surface area is 146 Å². The van der Waals surface area contributed by atoms with Crippen LogP contribution in [0.4, 0.5) is 5.69 Å². The van der Waals surface area contributed by atoms with E-state index in [4.69, 9.17) is 0 Å². The molecule has 6 heteroatoms. The third kappa shape index (κ3) is 5.51. The molecule has 1 amide bonds. The topological polar surface area (TPSA) is 66.5 Å². The molecule has 0 spiro atoms. The first-order valence-corrected chi connectivity index (χ1v) is 10.3. The normalized spacial score (nSPS) is 12.0. The third-order valence-corrected chi connectivity index (χ3v) is 5.22. The van der Waals surface area contributed by atoms with Gasteiger partial charge in [0.15, 0.2) is 0 Å². The van der Waals surface area contributed by atoms with Gasteiger partial charge < -0.3 is 5.32 Å². The van der Waals surface area contributed by atoms with E-state index in [1.807, 2.05) is 46.8 Å². The first kappa shape index (κ1) is 20.5. The van der Waals surface area contributed by atoms with Crippen molar-refractivity contribution in [2.24, 2.45) is 11.8 Å². The molecule has 0 fully saturated rings. The summed E-state index contributed by atoms with van der Waals surface area (Å²) in [6.07, 6.45) is 1.83. The van der Waals surface area contributed by atoms with Crippen LogP contribution in [0.15, 0.2) is 24.3 Å². The monoisotopic (exact) mass is 354 g/mol. The second kappa shape index (κ2) is 8.51. The lowest BCUT2D eigenvalue weighted by Crippen LogP contribution is -2.47. The van der Waals surface area contributed by atoms with Gasteiger partial charge in [0, 0.05) is 6.04 Å². The van der Waals surface area contributed by atoms with Crippen molar-refractivity contribution in [2.75, 3.05) is 17.1 Å². The molecular weight excluding hydrogens is 324 g/mol. The Balaban J connectivity index is 3.06. The van der Waals surface area contributed by atoms with Gasteiger partial charge in [0.2, 0.25) is 15.9 Å². The molecule has 0 aliphatic rings. The molecule has 136 valence electrons. The van der Waals surface area contributed by atoms with Gasteiger partial charge in [-0.1, -0.05) is 52.8 Å². The lowest BCUT2D eigenvalue weighted by molar-refractivity contribution is -0.121. The maximum Gasteiger partial charge on any atom is 0.241 e. The van der Waals surface area contributed by atoms with Crippen LogP contribution in [0.2, 0.25) is 0 Å². The van der Waals surface area contributed by atoms with E-state index < -0.39 is 10.0 Å². The fourth-order valence-corrected chi connectivity index (χ4v) is 3.79. The molecular formula is C18H30N2O3S. The fourth-order valence-electron chi connectivity index (χ4n) is 2.90. The van der Waals surface area contributed by atoms with E-state index >= 15 is 0 Å². The SMILES string of the molecule is CCc1ccccc1N(CC(=O)NC(C(C)C)C(C)C)S(C)(=O)=O. The van der Waals surface area contributed by atoms with E-state index in [-0.39, 0.29) is 30.3 Å². The number of nitrogens with zero attached hydrogens (tertiary/aromatic N) is 1. The van der Waals surface area contributed by atoms with Crippen LogP contribution >= 0.6 is 0 Å². The molecule has 0 radical (unpaired) electrons. The van der Waals surface area contributed by atoms with Gasteiger partial charge in [-0.15, -0.1) is 0 Å². The largest absolute Gasteiger partial charge is 0.351 e. The van der Waals surface area contributed by atoms with Crippen LogP contribution in [0.3, 0.4) is 0 Å². The summed E-state index contributed by atoms with van der Waals surface area (Å²) in [6.45, 7) is 9.95. The summed E-state index contributed by atoms with van der Waals surface area (Å²) >= 11 is 0. The van der Waals surface area contributed by atoms with Gasteiger partial charge in [0.25, 0.3) is 0 Å². The van der Waals surface area contributed by atoms with Crippen molar-refractivity contribution in [3.8, 4) is 0 Å². The van der Waals surface area contributed by atoms with Gasteiger partial charge in [-0.25, -0.2) is 8.42 Å². The minimum atomic E-state index is -3.55. The highest BCUT2D eigenvalue weighted by Gasteiger charge is 2.25. The molecule has 1 N–H and O–H groups in total. The molecule has 0 saturated carbocycles. The maximum absolute atomic E-state index is 12.5. The number of hydrogen-bond acceptors (Lipinski definition) is 3. The minimum Gasteiger partial charge on any atom is -0.351 e. The van der Waals surface area contributed by atoms with Crippen molar-refractivity contribution in [1.29, 1.82) is 0 Å². The number of para-hydroxylation sites is 1. The molecule has 0 saturated heterocycles. The average Bonchev–Trinajstić information content (AvgIpc) is 2.48. The van der Waals surface area contributed by atoms with E-state index in [0.717, 1.165) is 11.8 Å². The Morgan fingerprint density at radius 3 is 2.12 bits per heavy atom. The van der Waals surface area contributed by atoms with E-state index in [9.17, 15) is 13.2 Å². The average molecular weight is 355 g/mol. The number of nitrogens with one attached hydrogen (secondary N) is 1. The fraction of sp³-hybridized carbons (Fsp3) is 0.611. The predicted octanol–water partition coefficient (Wildman–Crippen LogP) is 2.81. The van der Waals surface area contributed by atoms with Crippen LogP contribution in [-0.4, -0.2) is 33.2 Å². The molecule has 0 unspecified atom stereocenters. The van der Waals surface area contributed by atoms with Crippen molar-refractivity contribution >= 4 is 21.6 Å². The zero-order chi connectivity index (χ0) is 18.5. The Morgan fingerprint density at radius 1 is 1.12 bits per heavy atom. The van der Waals surface area contributed by atoms with Crippen molar-refractivity contribution in [3.63, 3.8) is 0 Å². The number of amides is 1. The smallest absolute Gasteiger partial charge is 0.241 e. The lowest BCUT2D eigenvalue weighted by atomic mass is 9.93. The zero-order valence-corrected chi connectivity index (χ0v) is 16.4. The van der Waals surface area contributed by atoms with E-state index in [1.54, 1.807) is 12.1 Å². The van der Waals surface area contributed by atoms with Crippen LogP contribution in [0.25, 0.3) is 0 Å². The first-order valence-electron chi connectivity index (χ1n) is 8.42. The van der Waals surface area contributed by atoms with Crippen molar-refractivity contribution in [1.82, 2.24) is 5.32 Å². The Morgan fingerprint density at radius 2 is 1.67 bits per heavy atom. The predicted molar refractivity (Wildman–Crippen MR) is 99.6 cm³/mol. The maximum atomic E-state index is 12.5. The lowest BCUT2D eigenvalue weighted by Gasteiger charge is -2.29. The highest BCUT2D eigenvalue weighted by atomic mass is 32.2. The molecule has 0 atom stereocenters.